The first kappa shape index (κ1) is 22.3. The van der Waals surface area contributed by atoms with Gasteiger partial charge in [0.15, 0.2) is 0 Å². The molecule has 0 saturated carbocycles. The van der Waals surface area contributed by atoms with Gasteiger partial charge in [0.05, 0.1) is 37.0 Å². The predicted octanol–water partition coefficient (Wildman–Crippen LogP) is 4.07. The van der Waals surface area contributed by atoms with E-state index in [4.69, 9.17) is 14.2 Å². The average molecular weight is 439 g/mol. The zero-order valence-corrected chi connectivity index (χ0v) is 17.6. The van der Waals surface area contributed by atoms with Crippen molar-refractivity contribution >= 4 is 34.7 Å². The molecule has 0 unspecified atom stereocenters. The van der Waals surface area contributed by atoms with E-state index in [0.29, 0.717) is 28.4 Å². The Kier molecular flexibility index (Phi) is 7.01. The molecule has 0 atom stereocenters. The van der Waals surface area contributed by atoms with Crippen LogP contribution >= 0.6 is 0 Å². The smallest absolute Gasteiger partial charge is 0.353 e. The second-order valence-corrected chi connectivity index (χ2v) is 6.29. The highest BCUT2D eigenvalue weighted by atomic mass is 16.6. The number of carbonyl (C=O) groups is 1. The number of rotatable bonds is 9. The summed E-state index contributed by atoms with van der Waals surface area (Å²) in [7, 11) is 2.98. The molecule has 0 aliphatic carbocycles. The molecule has 0 saturated heterocycles. The molecule has 32 heavy (non-hydrogen) atoms. The van der Waals surface area contributed by atoms with E-state index in [1.165, 1.54) is 26.6 Å². The zero-order valence-electron chi connectivity index (χ0n) is 17.6. The summed E-state index contributed by atoms with van der Waals surface area (Å²) in [6.45, 7) is 1.94. The highest BCUT2D eigenvalue weighted by Crippen LogP contribution is 2.37. The summed E-state index contributed by atoms with van der Waals surface area (Å²) < 4.78 is 15.5. The topological polar surface area (TPSA) is 138 Å². The van der Waals surface area contributed by atoms with Gasteiger partial charge in [-0.2, -0.15) is 0 Å². The lowest BCUT2D eigenvalue weighted by molar-refractivity contribution is -0.383. The van der Waals surface area contributed by atoms with Gasteiger partial charge in [-0.1, -0.05) is 6.07 Å². The summed E-state index contributed by atoms with van der Waals surface area (Å²) in [5.74, 6) is 0.353. The molecule has 0 aliphatic heterocycles. The van der Waals surface area contributed by atoms with Crippen LogP contribution in [0.2, 0.25) is 0 Å². The average Bonchev–Trinajstić information content (AvgIpc) is 2.79. The van der Waals surface area contributed by atoms with E-state index in [1.807, 2.05) is 0 Å². The van der Waals surface area contributed by atoms with Crippen LogP contribution in [0, 0.1) is 10.1 Å². The Balaban J connectivity index is 1.97. The molecule has 11 nitrogen and oxygen atoms in total. The fourth-order valence-corrected chi connectivity index (χ4v) is 2.85. The number of methoxy groups -OCH3 is 2. The summed E-state index contributed by atoms with van der Waals surface area (Å²) in [5.41, 5.74) is 0.748. The number of hydrogen-bond donors (Lipinski definition) is 2. The van der Waals surface area contributed by atoms with Crippen molar-refractivity contribution in [2.75, 3.05) is 31.5 Å². The Bertz CT molecular complexity index is 1140. The Morgan fingerprint density at radius 1 is 1.06 bits per heavy atom. The lowest BCUT2D eigenvalue weighted by Crippen LogP contribution is -2.07. The number of esters is 1. The Labute approximate surface area is 183 Å². The highest BCUT2D eigenvalue weighted by molar-refractivity contribution is 5.91. The number of nitro groups is 1. The van der Waals surface area contributed by atoms with Crippen LogP contribution in [0.3, 0.4) is 0 Å². The van der Waals surface area contributed by atoms with Crippen molar-refractivity contribution in [3.8, 4) is 11.5 Å². The van der Waals surface area contributed by atoms with Crippen LogP contribution < -0.4 is 20.1 Å². The molecule has 166 valence electrons. The van der Waals surface area contributed by atoms with Gasteiger partial charge in [-0.15, -0.1) is 0 Å². The summed E-state index contributed by atoms with van der Waals surface area (Å²) in [4.78, 5) is 31.3. The number of benzene rings is 2. The molecule has 2 aromatic carbocycles. The number of hydrogen-bond acceptors (Lipinski definition) is 10. The van der Waals surface area contributed by atoms with E-state index in [9.17, 15) is 14.9 Å². The second-order valence-electron chi connectivity index (χ2n) is 6.29. The van der Waals surface area contributed by atoms with E-state index in [2.05, 4.69) is 20.6 Å². The van der Waals surface area contributed by atoms with Gasteiger partial charge in [0.25, 0.3) is 0 Å². The van der Waals surface area contributed by atoms with Crippen LogP contribution in [0.5, 0.6) is 11.5 Å². The Morgan fingerprint density at radius 2 is 1.81 bits per heavy atom. The Hall–Kier alpha value is -4.41. The first-order valence-corrected chi connectivity index (χ1v) is 9.49. The predicted molar refractivity (Wildman–Crippen MR) is 117 cm³/mol. The van der Waals surface area contributed by atoms with Crippen molar-refractivity contribution in [1.82, 2.24) is 9.97 Å². The molecular weight excluding hydrogens is 418 g/mol. The molecule has 0 bridgehead atoms. The number of nitrogens with one attached hydrogen (secondary N) is 2. The van der Waals surface area contributed by atoms with Gasteiger partial charge in [-0.25, -0.2) is 14.8 Å². The fraction of sp³-hybridized carbons (Fsp3) is 0.190. The van der Waals surface area contributed by atoms with Gasteiger partial charge in [-0.05, 0) is 37.3 Å². The van der Waals surface area contributed by atoms with Gasteiger partial charge in [0, 0.05) is 11.8 Å². The second kappa shape index (κ2) is 10.1. The van der Waals surface area contributed by atoms with Crippen molar-refractivity contribution in [1.29, 1.82) is 0 Å². The lowest BCUT2D eigenvalue weighted by Gasteiger charge is -2.13. The third-order valence-corrected chi connectivity index (χ3v) is 4.30. The van der Waals surface area contributed by atoms with Crippen LogP contribution in [0.4, 0.5) is 28.7 Å². The van der Waals surface area contributed by atoms with Crippen LogP contribution in [0.15, 0.2) is 48.8 Å². The SMILES string of the molecule is CCOC(=O)c1cccc(Nc2ncnc(Nc3cc(OC)ccc3OC)c2[N+](=O)[O-])c1. The van der Waals surface area contributed by atoms with Crippen molar-refractivity contribution in [3.05, 3.63) is 64.5 Å². The molecule has 0 aliphatic rings. The maximum atomic E-state index is 12.0. The maximum absolute atomic E-state index is 12.0. The molecule has 2 N–H and O–H groups in total. The van der Waals surface area contributed by atoms with Crippen molar-refractivity contribution in [2.45, 2.75) is 6.92 Å². The van der Waals surface area contributed by atoms with Gasteiger partial charge in [0.2, 0.25) is 11.6 Å². The number of nitrogens with zero attached hydrogens (tertiary/aromatic N) is 3. The van der Waals surface area contributed by atoms with E-state index >= 15 is 0 Å². The number of aromatic nitrogens is 2. The van der Waals surface area contributed by atoms with Crippen LogP contribution in [-0.4, -0.2) is 41.7 Å². The lowest BCUT2D eigenvalue weighted by atomic mass is 10.2. The minimum absolute atomic E-state index is 0.0550. The monoisotopic (exact) mass is 439 g/mol. The molecule has 3 rings (SSSR count). The summed E-state index contributed by atoms with van der Waals surface area (Å²) in [5, 5.41) is 17.7. The third-order valence-electron chi connectivity index (χ3n) is 4.30. The molecule has 1 heterocycles. The standard InChI is InChI=1S/C21H21N5O6/c1-4-32-21(27)13-6-5-7-14(10-13)24-19-18(26(28)29)20(23-12-22-19)25-16-11-15(30-2)8-9-17(16)31-3/h5-12H,4H2,1-3H3,(H2,22,23,24,25). The molecule has 0 fully saturated rings. The molecular formula is C21H21N5O6. The van der Waals surface area contributed by atoms with E-state index < -0.39 is 10.9 Å². The van der Waals surface area contributed by atoms with Crippen LogP contribution in [0.25, 0.3) is 0 Å². The molecule has 1 aromatic heterocycles. The minimum Gasteiger partial charge on any atom is -0.497 e. The number of carbonyl (C=O) groups excluding carboxylic acids is 1. The Morgan fingerprint density at radius 3 is 2.47 bits per heavy atom. The highest BCUT2D eigenvalue weighted by Gasteiger charge is 2.24. The molecule has 3 aromatic rings. The van der Waals surface area contributed by atoms with E-state index in [-0.39, 0.29) is 23.9 Å². The molecule has 11 heteroatoms. The number of ether oxygens (including phenoxy) is 3. The molecule has 0 radical (unpaired) electrons. The minimum atomic E-state index is -0.605. The molecule has 0 amide bonds. The van der Waals surface area contributed by atoms with Crippen molar-refractivity contribution in [3.63, 3.8) is 0 Å². The van der Waals surface area contributed by atoms with Gasteiger partial charge in [-0.3, -0.25) is 10.1 Å². The third kappa shape index (κ3) is 5.01. The van der Waals surface area contributed by atoms with Gasteiger partial charge < -0.3 is 24.8 Å². The summed E-state index contributed by atoms with van der Waals surface area (Å²) in [6, 6.07) is 11.4. The number of anilines is 4. The fourth-order valence-electron chi connectivity index (χ4n) is 2.85. The van der Waals surface area contributed by atoms with Crippen LogP contribution in [0.1, 0.15) is 17.3 Å². The maximum Gasteiger partial charge on any atom is 0.353 e. The quantitative estimate of drug-likeness (QED) is 0.285. The van der Waals surface area contributed by atoms with Crippen molar-refractivity contribution < 1.29 is 23.9 Å². The van der Waals surface area contributed by atoms with E-state index in [1.54, 1.807) is 43.3 Å². The van der Waals surface area contributed by atoms with E-state index in [0.717, 1.165) is 0 Å². The summed E-state index contributed by atoms with van der Waals surface area (Å²) in [6.07, 6.45) is 1.18. The summed E-state index contributed by atoms with van der Waals surface area (Å²) >= 11 is 0. The normalized spacial score (nSPS) is 10.2. The van der Waals surface area contributed by atoms with Crippen molar-refractivity contribution in [2.24, 2.45) is 0 Å². The molecule has 0 spiro atoms. The zero-order chi connectivity index (χ0) is 23.1. The largest absolute Gasteiger partial charge is 0.497 e. The first-order valence-electron chi connectivity index (χ1n) is 9.49. The first-order chi connectivity index (χ1) is 15.5. The van der Waals surface area contributed by atoms with Crippen LogP contribution in [-0.2, 0) is 4.74 Å². The van der Waals surface area contributed by atoms with Gasteiger partial charge >= 0.3 is 11.7 Å². The van der Waals surface area contributed by atoms with Gasteiger partial charge in [0.1, 0.15) is 17.8 Å².